The molecule has 1 aliphatic heterocycles. The number of hydrogen-bond donors (Lipinski definition) is 2. The monoisotopic (exact) mass is 572 g/mol. The zero-order valence-electron chi connectivity index (χ0n) is 24.8. The van der Waals surface area contributed by atoms with Gasteiger partial charge in [0, 0.05) is 59.3 Å². The van der Waals surface area contributed by atoms with Crippen LogP contribution in [0.25, 0.3) is 27.7 Å². The van der Waals surface area contributed by atoms with E-state index in [-0.39, 0.29) is 5.91 Å². The number of nitrogens with one attached hydrogen (secondary N) is 2. The van der Waals surface area contributed by atoms with E-state index in [2.05, 4.69) is 32.1 Å². The number of fused-ring (bicyclic) bond motifs is 2. The van der Waals surface area contributed by atoms with Gasteiger partial charge in [-0.25, -0.2) is 15.0 Å². The molecule has 0 radical (unpaired) electrons. The first kappa shape index (κ1) is 27.6. The lowest BCUT2D eigenvalue weighted by molar-refractivity contribution is 0.0997. The molecule has 5 aromatic rings. The van der Waals surface area contributed by atoms with Crippen LogP contribution in [0.2, 0.25) is 0 Å². The lowest BCUT2D eigenvalue weighted by Crippen LogP contribution is -2.23. The Morgan fingerprint density at radius 2 is 1.91 bits per heavy atom. The second-order valence-corrected chi connectivity index (χ2v) is 10.6. The Bertz CT molecular complexity index is 1920. The van der Waals surface area contributed by atoms with Crippen molar-refractivity contribution in [2.24, 2.45) is 17.0 Å². The van der Waals surface area contributed by atoms with E-state index in [0.29, 0.717) is 29.8 Å². The fourth-order valence-corrected chi connectivity index (χ4v) is 5.40. The zero-order chi connectivity index (χ0) is 30.2. The van der Waals surface area contributed by atoms with Crippen LogP contribution in [0.5, 0.6) is 5.88 Å². The third kappa shape index (κ3) is 4.97. The maximum atomic E-state index is 13.8. The van der Waals surface area contributed by atoms with Gasteiger partial charge in [0.1, 0.15) is 0 Å². The summed E-state index contributed by atoms with van der Waals surface area (Å²) in [6.45, 7) is 10.1. The third-order valence-electron chi connectivity index (χ3n) is 7.66. The normalized spacial score (nSPS) is 12.9. The average Bonchev–Trinajstić information content (AvgIpc) is 3.69. The second-order valence-electron chi connectivity index (χ2n) is 10.6. The minimum absolute atomic E-state index is 0.0459. The molecule has 3 aromatic heterocycles. The number of benzene rings is 2. The summed E-state index contributed by atoms with van der Waals surface area (Å²) in [5, 5.41) is 8.55. The molecule has 0 atom stereocenters. The SMILES string of the molecule is C=N/C(=N\C(=C(C)C)c1c[nH]c2c(N3Cc4c(cccc4-c4ccc(OC)nc4)C3=O)cccc12)Nc1cc(C)n(C)n1. The van der Waals surface area contributed by atoms with Crippen molar-refractivity contribution in [3.05, 3.63) is 94.9 Å². The van der Waals surface area contributed by atoms with Gasteiger partial charge in [0.25, 0.3) is 5.91 Å². The summed E-state index contributed by atoms with van der Waals surface area (Å²) in [7, 11) is 3.47. The summed E-state index contributed by atoms with van der Waals surface area (Å²) in [5.74, 6) is 1.47. The van der Waals surface area contributed by atoms with Crippen molar-refractivity contribution in [2.45, 2.75) is 27.3 Å². The van der Waals surface area contributed by atoms with Gasteiger partial charge in [-0.1, -0.05) is 24.3 Å². The van der Waals surface area contributed by atoms with Crippen molar-refractivity contribution < 1.29 is 9.53 Å². The van der Waals surface area contributed by atoms with Crippen LogP contribution in [0.4, 0.5) is 11.5 Å². The number of nitrogens with zero attached hydrogens (tertiary/aromatic N) is 6. The number of aryl methyl sites for hydroxylation is 2. The van der Waals surface area contributed by atoms with Crippen LogP contribution < -0.4 is 15.0 Å². The smallest absolute Gasteiger partial charge is 0.259 e. The van der Waals surface area contributed by atoms with Crippen LogP contribution >= 0.6 is 0 Å². The quantitative estimate of drug-likeness (QED) is 0.182. The first-order valence-corrected chi connectivity index (χ1v) is 13.8. The van der Waals surface area contributed by atoms with Crippen molar-refractivity contribution in [2.75, 3.05) is 17.3 Å². The molecule has 0 saturated carbocycles. The van der Waals surface area contributed by atoms with Crippen molar-refractivity contribution in [1.29, 1.82) is 0 Å². The van der Waals surface area contributed by atoms with Crippen LogP contribution in [-0.4, -0.2) is 45.4 Å². The Balaban J connectivity index is 1.36. The molecule has 1 amide bonds. The summed E-state index contributed by atoms with van der Waals surface area (Å²) in [5.41, 5.74) is 8.84. The number of H-pyrrole nitrogens is 1. The number of para-hydroxylation sites is 1. The number of aromatic amines is 1. The highest BCUT2D eigenvalue weighted by Gasteiger charge is 2.32. The molecule has 216 valence electrons. The highest BCUT2D eigenvalue weighted by atomic mass is 16.5. The number of rotatable bonds is 6. The molecule has 2 N–H and O–H groups in total. The van der Waals surface area contributed by atoms with Gasteiger partial charge in [0.15, 0.2) is 5.82 Å². The number of pyridine rings is 1. The fraction of sp³-hybridized carbons (Fsp3) is 0.182. The molecule has 1 aliphatic rings. The first-order valence-electron chi connectivity index (χ1n) is 13.8. The lowest BCUT2D eigenvalue weighted by Gasteiger charge is -2.17. The molecule has 4 heterocycles. The van der Waals surface area contributed by atoms with Gasteiger partial charge >= 0.3 is 0 Å². The van der Waals surface area contributed by atoms with Crippen LogP contribution in [0, 0.1) is 6.92 Å². The Hall–Kier alpha value is -5.51. The van der Waals surface area contributed by atoms with Gasteiger partial charge in [-0.3, -0.25) is 9.48 Å². The molecule has 0 bridgehead atoms. The molecule has 0 unspecified atom stereocenters. The highest BCUT2D eigenvalue weighted by molar-refractivity contribution is 6.15. The summed E-state index contributed by atoms with van der Waals surface area (Å²) >= 11 is 0. The molecular formula is C33H32N8O2. The highest BCUT2D eigenvalue weighted by Crippen LogP contribution is 2.39. The van der Waals surface area contributed by atoms with Crippen LogP contribution in [0.3, 0.4) is 0 Å². The zero-order valence-corrected chi connectivity index (χ0v) is 24.8. The molecule has 0 fully saturated rings. The number of guanidine groups is 1. The molecular weight excluding hydrogens is 540 g/mol. The average molecular weight is 573 g/mol. The van der Waals surface area contributed by atoms with Gasteiger partial charge in [0.05, 0.1) is 30.6 Å². The summed E-state index contributed by atoms with van der Waals surface area (Å²) in [4.78, 5) is 32.3. The van der Waals surface area contributed by atoms with Gasteiger partial charge in [0.2, 0.25) is 11.8 Å². The topological polar surface area (TPSA) is 113 Å². The van der Waals surface area contributed by atoms with E-state index in [1.807, 2.05) is 93.5 Å². The molecule has 0 aliphatic carbocycles. The van der Waals surface area contributed by atoms with E-state index in [1.165, 1.54) is 0 Å². The second kappa shape index (κ2) is 11.1. The molecule has 2 aromatic carbocycles. The molecule has 0 spiro atoms. The van der Waals surface area contributed by atoms with Crippen LogP contribution in [0.1, 0.15) is 41.0 Å². The van der Waals surface area contributed by atoms with Gasteiger partial charge in [-0.05, 0) is 62.4 Å². The van der Waals surface area contributed by atoms with Crippen LogP contribution in [-0.2, 0) is 13.6 Å². The van der Waals surface area contributed by atoms with E-state index < -0.39 is 0 Å². The Morgan fingerprint density at radius 3 is 2.58 bits per heavy atom. The minimum Gasteiger partial charge on any atom is -0.481 e. The molecule has 43 heavy (non-hydrogen) atoms. The van der Waals surface area contributed by atoms with Crippen molar-refractivity contribution in [3.8, 4) is 17.0 Å². The number of carbonyl (C=O) groups is 1. The number of carbonyl (C=O) groups excluding carboxylic acids is 1. The number of methoxy groups -OCH3 is 1. The number of aliphatic imine (C=N–C) groups is 2. The van der Waals surface area contributed by atoms with Crippen molar-refractivity contribution in [1.82, 2.24) is 19.7 Å². The summed E-state index contributed by atoms with van der Waals surface area (Å²) < 4.78 is 7.00. The molecule has 10 heteroatoms. The first-order chi connectivity index (χ1) is 20.8. The maximum Gasteiger partial charge on any atom is 0.259 e. The number of amides is 1. The predicted molar refractivity (Wildman–Crippen MR) is 172 cm³/mol. The Labute approximate surface area is 249 Å². The van der Waals surface area contributed by atoms with E-state index in [9.17, 15) is 4.79 Å². The molecule has 0 saturated heterocycles. The van der Waals surface area contributed by atoms with Crippen molar-refractivity contribution in [3.63, 3.8) is 0 Å². The summed E-state index contributed by atoms with van der Waals surface area (Å²) in [6.07, 6.45) is 3.70. The minimum atomic E-state index is -0.0459. The molecule has 10 nitrogen and oxygen atoms in total. The van der Waals surface area contributed by atoms with E-state index in [4.69, 9.17) is 9.73 Å². The Kier molecular flexibility index (Phi) is 7.11. The summed E-state index contributed by atoms with van der Waals surface area (Å²) in [6, 6.07) is 17.5. The van der Waals surface area contributed by atoms with E-state index >= 15 is 0 Å². The van der Waals surface area contributed by atoms with Gasteiger partial charge in [-0.15, -0.1) is 0 Å². The lowest BCUT2D eigenvalue weighted by atomic mass is 9.98. The molecule has 6 rings (SSSR count). The fourth-order valence-electron chi connectivity index (χ4n) is 5.40. The number of ether oxygens (including phenoxy) is 1. The predicted octanol–water partition coefficient (Wildman–Crippen LogP) is 6.36. The van der Waals surface area contributed by atoms with Crippen molar-refractivity contribution >= 4 is 46.7 Å². The maximum absolute atomic E-state index is 13.8. The Morgan fingerprint density at radius 1 is 1.12 bits per heavy atom. The van der Waals surface area contributed by atoms with Crippen LogP contribution in [0.15, 0.2) is 82.5 Å². The standard InChI is InChI=1S/C33H32N8O2/c1-19(2)30(38-33(34-4)37-28-15-20(3)40(5)39-28)25-17-36-31-23(25)10-8-12-27(31)41-18-26-22(9-7-11-24(26)32(41)42)21-13-14-29(43-6)35-16-21/h7-17,36H,4,18H2,1-3,5-6H3,(H,37,38,39). The van der Waals surface area contributed by atoms with E-state index in [1.54, 1.807) is 18.0 Å². The largest absolute Gasteiger partial charge is 0.481 e. The van der Waals surface area contributed by atoms with Gasteiger partial charge in [-0.2, -0.15) is 5.10 Å². The van der Waals surface area contributed by atoms with E-state index in [0.717, 1.165) is 55.8 Å². The third-order valence-corrected chi connectivity index (χ3v) is 7.66. The number of aromatic nitrogens is 4. The number of hydrogen-bond acceptors (Lipinski definition) is 5. The van der Waals surface area contributed by atoms with Gasteiger partial charge < -0.3 is 19.9 Å². The number of anilines is 2. The number of allylic oxidation sites excluding steroid dienone is 1.